The van der Waals surface area contributed by atoms with Crippen molar-refractivity contribution in [2.75, 3.05) is 25.1 Å². The second kappa shape index (κ2) is 8.64. The Kier molecular flexibility index (Phi) is 5.90. The average molecular weight is 448 g/mol. The Labute approximate surface area is 182 Å². The zero-order valence-corrected chi connectivity index (χ0v) is 17.7. The average Bonchev–Trinajstić information content (AvgIpc) is 3.22. The number of rotatable bonds is 5. The highest BCUT2D eigenvalue weighted by molar-refractivity contribution is 5.79. The lowest BCUT2D eigenvalue weighted by Crippen LogP contribution is -2.41. The van der Waals surface area contributed by atoms with Crippen LogP contribution in [0, 0.1) is 12.8 Å². The SMILES string of the molecule is COc1ccc(CNC(=O)C2CCN(c3cc(C)nc4nc(C(F)(F)F)nn34)CC2)cc1. The summed E-state index contributed by atoms with van der Waals surface area (Å²) in [6.45, 7) is 3.15. The van der Waals surface area contributed by atoms with E-state index < -0.39 is 12.0 Å². The molecule has 0 aliphatic carbocycles. The molecule has 0 radical (unpaired) electrons. The summed E-state index contributed by atoms with van der Waals surface area (Å²) in [7, 11) is 1.60. The highest BCUT2D eigenvalue weighted by Crippen LogP contribution is 2.29. The number of nitrogens with zero attached hydrogens (tertiary/aromatic N) is 5. The molecule has 1 aliphatic rings. The van der Waals surface area contributed by atoms with Gasteiger partial charge in [-0.15, -0.1) is 5.10 Å². The molecule has 1 aromatic carbocycles. The van der Waals surface area contributed by atoms with E-state index in [1.807, 2.05) is 29.2 Å². The van der Waals surface area contributed by atoms with Gasteiger partial charge in [0.15, 0.2) is 0 Å². The van der Waals surface area contributed by atoms with E-state index in [1.165, 1.54) is 0 Å². The van der Waals surface area contributed by atoms with Gasteiger partial charge in [0, 0.05) is 37.3 Å². The monoisotopic (exact) mass is 448 g/mol. The van der Waals surface area contributed by atoms with Gasteiger partial charge < -0.3 is 15.0 Å². The van der Waals surface area contributed by atoms with Crippen molar-refractivity contribution in [2.45, 2.75) is 32.5 Å². The van der Waals surface area contributed by atoms with Gasteiger partial charge in [-0.3, -0.25) is 4.79 Å². The fourth-order valence-electron chi connectivity index (χ4n) is 3.76. The molecule has 0 atom stereocenters. The molecule has 1 amide bonds. The predicted octanol–water partition coefficient (Wildman–Crippen LogP) is 2.99. The van der Waals surface area contributed by atoms with Crippen LogP contribution in [0.3, 0.4) is 0 Å². The number of hydrogen-bond acceptors (Lipinski definition) is 6. The predicted molar refractivity (Wildman–Crippen MR) is 110 cm³/mol. The number of halogens is 3. The van der Waals surface area contributed by atoms with Gasteiger partial charge in [0.05, 0.1) is 7.11 Å². The topological polar surface area (TPSA) is 84.6 Å². The summed E-state index contributed by atoms with van der Waals surface area (Å²) in [5, 5.41) is 6.58. The van der Waals surface area contributed by atoms with Crippen molar-refractivity contribution in [2.24, 2.45) is 5.92 Å². The van der Waals surface area contributed by atoms with Crippen LogP contribution in [0.5, 0.6) is 5.75 Å². The molecule has 1 aliphatic heterocycles. The van der Waals surface area contributed by atoms with E-state index in [1.54, 1.807) is 20.1 Å². The summed E-state index contributed by atoms with van der Waals surface area (Å²) in [5.74, 6) is -0.257. The van der Waals surface area contributed by atoms with Gasteiger partial charge in [-0.2, -0.15) is 22.7 Å². The van der Waals surface area contributed by atoms with E-state index in [9.17, 15) is 18.0 Å². The highest BCUT2D eigenvalue weighted by atomic mass is 19.4. The van der Waals surface area contributed by atoms with E-state index in [0.717, 1.165) is 15.8 Å². The molecular formula is C21H23F3N6O2. The minimum absolute atomic E-state index is 0.0309. The minimum atomic E-state index is -4.64. The summed E-state index contributed by atoms with van der Waals surface area (Å²) >= 11 is 0. The fourth-order valence-corrected chi connectivity index (χ4v) is 3.76. The maximum atomic E-state index is 13.0. The van der Waals surface area contributed by atoms with Crippen LogP contribution in [-0.2, 0) is 17.5 Å². The first-order valence-electron chi connectivity index (χ1n) is 10.2. The van der Waals surface area contributed by atoms with Crippen molar-refractivity contribution in [3.8, 4) is 5.75 Å². The number of hydrogen-bond donors (Lipinski definition) is 1. The Morgan fingerprint density at radius 3 is 2.50 bits per heavy atom. The summed E-state index contributed by atoms with van der Waals surface area (Å²) in [5.41, 5.74) is 1.52. The van der Waals surface area contributed by atoms with E-state index in [-0.39, 0.29) is 17.6 Å². The van der Waals surface area contributed by atoms with Gasteiger partial charge >= 0.3 is 6.18 Å². The number of carbonyl (C=O) groups excluding carboxylic acids is 1. The Hall–Kier alpha value is -3.37. The van der Waals surface area contributed by atoms with Crippen LogP contribution in [-0.4, -0.2) is 45.7 Å². The molecule has 3 aromatic rings. The molecule has 1 fully saturated rings. The van der Waals surface area contributed by atoms with Gasteiger partial charge in [0.2, 0.25) is 5.91 Å². The second-order valence-electron chi connectivity index (χ2n) is 7.73. The van der Waals surface area contributed by atoms with Crippen LogP contribution >= 0.6 is 0 Å². The summed E-state index contributed by atoms with van der Waals surface area (Å²) in [4.78, 5) is 22.1. The summed E-state index contributed by atoms with van der Waals surface area (Å²) in [6, 6.07) is 9.15. The molecule has 4 rings (SSSR count). The summed E-state index contributed by atoms with van der Waals surface area (Å²) in [6.07, 6.45) is -3.48. The number of carbonyl (C=O) groups is 1. The fraction of sp³-hybridized carbons (Fsp3) is 0.429. The number of anilines is 1. The third-order valence-corrected chi connectivity index (χ3v) is 5.49. The number of amides is 1. The standard InChI is InChI=1S/C21H23F3N6O2/c1-13-11-17(30-20(26-13)27-19(28-30)21(22,23)24)29-9-7-15(8-10-29)18(31)25-12-14-3-5-16(32-2)6-4-14/h3-6,11,15H,7-10,12H2,1-2H3,(H,25,31). The minimum Gasteiger partial charge on any atom is -0.497 e. The third kappa shape index (κ3) is 4.61. The van der Waals surface area contributed by atoms with Gasteiger partial charge in [-0.25, -0.2) is 4.98 Å². The van der Waals surface area contributed by atoms with E-state index in [4.69, 9.17) is 4.74 Å². The number of alkyl halides is 3. The van der Waals surface area contributed by atoms with Crippen LogP contribution in [0.1, 0.15) is 29.9 Å². The van der Waals surface area contributed by atoms with E-state index in [2.05, 4.69) is 20.4 Å². The lowest BCUT2D eigenvalue weighted by atomic mass is 9.95. The molecular weight excluding hydrogens is 425 g/mol. The van der Waals surface area contributed by atoms with Crippen LogP contribution in [0.2, 0.25) is 0 Å². The summed E-state index contributed by atoms with van der Waals surface area (Å²) < 4.78 is 45.4. The first kappa shape index (κ1) is 21.8. The number of nitrogens with one attached hydrogen (secondary N) is 1. The molecule has 0 unspecified atom stereocenters. The lowest BCUT2D eigenvalue weighted by Gasteiger charge is -2.32. The number of piperidine rings is 1. The second-order valence-corrected chi connectivity index (χ2v) is 7.73. The Morgan fingerprint density at radius 2 is 1.88 bits per heavy atom. The number of fused-ring (bicyclic) bond motifs is 1. The Morgan fingerprint density at radius 1 is 1.19 bits per heavy atom. The van der Waals surface area contributed by atoms with Crippen molar-refractivity contribution in [1.29, 1.82) is 0 Å². The van der Waals surface area contributed by atoms with Gasteiger partial charge in [-0.05, 0) is 37.5 Å². The molecule has 0 spiro atoms. The van der Waals surface area contributed by atoms with Crippen molar-refractivity contribution in [3.63, 3.8) is 0 Å². The van der Waals surface area contributed by atoms with Crippen LogP contribution in [0.25, 0.3) is 5.78 Å². The van der Waals surface area contributed by atoms with Crippen molar-refractivity contribution in [1.82, 2.24) is 24.9 Å². The first-order valence-corrected chi connectivity index (χ1v) is 10.2. The lowest BCUT2D eigenvalue weighted by molar-refractivity contribution is -0.144. The van der Waals surface area contributed by atoms with E-state index in [0.29, 0.717) is 44.0 Å². The van der Waals surface area contributed by atoms with Crippen molar-refractivity contribution in [3.05, 3.63) is 47.4 Å². The molecule has 0 bridgehead atoms. The molecule has 11 heteroatoms. The number of aryl methyl sites for hydroxylation is 1. The van der Waals surface area contributed by atoms with Crippen molar-refractivity contribution >= 4 is 17.5 Å². The largest absolute Gasteiger partial charge is 0.497 e. The zero-order chi connectivity index (χ0) is 22.9. The van der Waals surface area contributed by atoms with Crippen molar-refractivity contribution < 1.29 is 22.7 Å². The zero-order valence-electron chi connectivity index (χ0n) is 17.7. The number of aromatic nitrogens is 4. The molecule has 1 N–H and O–H groups in total. The first-order chi connectivity index (χ1) is 15.2. The molecule has 170 valence electrons. The van der Waals surface area contributed by atoms with Crippen LogP contribution in [0.15, 0.2) is 30.3 Å². The molecule has 0 saturated carbocycles. The maximum absolute atomic E-state index is 13.0. The smallest absolute Gasteiger partial charge is 0.453 e. The highest BCUT2D eigenvalue weighted by Gasteiger charge is 2.37. The number of ether oxygens (including phenoxy) is 1. The quantitative estimate of drug-likeness (QED) is 0.646. The Balaban J connectivity index is 1.40. The van der Waals surface area contributed by atoms with E-state index >= 15 is 0 Å². The van der Waals surface area contributed by atoms with Gasteiger partial charge in [0.25, 0.3) is 11.6 Å². The maximum Gasteiger partial charge on any atom is 0.453 e. The van der Waals surface area contributed by atoms with Crippen LogP contribution in [0.4, 0.5) is 19.0 Å². The van der Waals surface area contributed by atoms with Gasteiger partial charge in [0.1, 0.15) is 11.6 Å². The van der Waals surface area contributed by atoms with Crippen LogP contribution < -0.4 is 15.0 Å². The number of methoxy groups -OCH3 is 1. The van der Waals surface area contributed by atoms with Gasteiger partial charge in [-0.1, -0.05) is 12.1 Å². The molecule has 2 aromatic heterocycles. The normalized spacial score (nSPS) is 15.2. The molecule has 32 heavy (non-hydrogen) atoms. The third-order valence-electron chi connectivity index (χ3n) is 5.49. The number of benzene rings is 1. The molecule has 1 saturated heterocycles. The molecule has 8 nitrogen and oxygen atoms in total. The Bertz CT molecular complexity index is 1110. The molecule has 3 heterocycles.